The van der Waals surface area contributed by atoms with E-state index in [0.717, 1.165) is 6.54 Å². The van der Waals surface area contributed by atoms with Crippen LogP contribution in [0.5, 0.6) is 0 Å². The second kappa shape index (κ2) is 6.95. The van der Waals surface area contributed by atoms with Crippen LogP contribution in [0.3, 0.4) is 0 Å². The SMILES string of the molecule is CC(NCCN)NCCO. The van der Waals surface area contributed by atoms with Gasteiger partial charge in [0.15, 0.2) is 0 Å². The lowest BCUT2D eigenvalue weighted by Crippen LogP contribution is -2.42. The number of hydrogen-bond acceptors (Lipinski definition) is 4. The van der Waals surface area contributed by atoms with Crippen molar-refractivity contribution in [3.05, 3.63) is 0 Å². The number of nitrogens with one attached hydrogen (secondary N) is 2. The van der Waals surface area contributed by atoms with Crippen molar-refractivity contribution in [2.45, 2.75) is 13.1 Å². The Morgan fingerprint density at radius 3 is 2.50 bits per heavy atom. The fourth-order valence-electron chi connectivity index (χ4n) is 0.653. The van der Waals surface area contributed by atoms with Gasteiger partial charge in [-0.3, -0.25) is 5.32 Å². The summed E-state index contributed by atoms with van der Waals surface area (Å²) in [5.41, 5.74) is 5.27. The molecule has 0 amide bonds. The van der Waals surface area contributed by atoms with Crippen LogP contribution in [0, 0.1) is 0 Å². The Morgan fingerprint density at radius 2 is 2.00 bits per heavy atom. The number of hydrogen-bond donors (Lipinski definition) is 4. The van der Waals surface area contributed by atoms with Crippen molar-refractivity contribution in [2.24, 2.45) is 5.73 Å². The Hall–Kier alpha value is -0.160. The van der Waals surface area contributed by atoms with Gasteiger partial charge in [-0.25, -0.2) is 0 Å². The molecule has 0 saturated heterocycles. The van der Waals surface area contributed by atoms with E-state index in [1.165, 1.54) is 0 Å². The van der Waals surface area contributed by atoms with E-state index >= 15 is 0 Å². The molecule has 0 aromatic rings. The van der Waals surface area contributed by atoms with Gasteiger partial charge in [0.05, 0.1) is 12.8 Å². The van der Waals surface area contributed by atoms with Gasteiger partial charge in [-0.1, -0.05) is 0 Å². The number of rotatable bonds is 6. The highest BCUT2D eigenvalue weighted by molar-refractivity contribution is 4.56. The molecular weight excluding hydrogens is 130 g/mol. The zero-order valence-electron chi connectivity index (χ0n) is 6.43. The van der Waals surface area contributed by atoms with Gasteiger partial charge in [0.25, 0.3) is 0 Å². The molecular formula is C6H17N3O. The van der Waals surface area contributed by atoms with Crippen LogP contribution in [0.4, 0.5) is 0 Å². The average molecular weight is 147 g/mol. The summed E-state index contributed by atoms with van der Waals surface area (Å²) in [4.78, 5) is 0. The van der Waals surface area contributed by atoms with Crippen LogP contribution >= 0.6 is 0 Å². The zero-order chi connectivity index (χ0) is 7.82. The van der Waals surface area contributed by atoms with Crippen molar-refractivity contribution < 1.29 is 5.11 Å². The molecule has 62 valence electrons. The molecule has 5 N–H and O–H groups in total. The molecule has 0 aliphatic rings. The van der Waals surface area contributed by atoms with E-state index in [9.17, 15) is 0 Å². The Balaban J connectivity index is 3.00. The molecule has 0 saturated carbocycles. The van der Waals surface area contributed by atoms with E-state index in [4.69, 9.17) is 10.8 Å². The Bertz CT molecular complexity index is 62.0. The first-order valence-corrected chi connectivity index (χ1v) is 3.59. The molecule has 4 heteroatoms. The normalized spacial score (nSPS) is 13.5. The Morgan fingerprint density at radius 1 is 1.40 bits per heavy atom. The van der Waals surface area contributed by atoms with Crippen molar-refractivity contribution in [2.75, 3.05) is 26.2 Å². The first kappa shape index (κ1) is 9.84. The van der Waals surface area contributed by atoms with E-state index < -0.39 is 0 Å². The molecule has 0 radical (unpaired) electrons. The summed E-state index contributed by atoms with van der Waals surface area (Å²) in [5.74, 6) is 0. The topological polar surface area (TPSA) is 70.3 Å². The third kappa shape index (κ3) is 5.97. The summed E-state index contributed by atoms with van der Waals surface area (Å²) < 4.78 is 0. The van der Waals surface area contributed by atoms with Crippen LogP contribution in [0.15, 0.2) is 0 Å². The fourth-order valence-corrected chi connectivity index (χ4v) is 0.653. The highest BCUT2D eigenvalue weighted by Crippen LogP contribution is 1.70. The van der Waals surface area contributed by atoms with Crippen LogP contribution < -0.4 is 16.4 Å². The van der Waals surface area contributed by atoms with Gasteiger partial charge in [-0.2, -0.15) is 0 Å². The van der Waals surface area contributed by atoms with E-state index in [0.29, 0.717) is 13.1 Å². The van der Waals surface area contributed by atoms with Gasteiger partial charge in [0.1, 0.15) is 0 Å². The van der Waals surface area contributed by atoms with Crippen LogP contribution in [0.1, 0.15) is 6.92 Å². The van der Waals surface area contributed by atoms with Gasteiger partial charge >= 0.3 is 0 Å². The maximum Gasteiger partial charge on any atom is 0.0556 e. The van der Waals surface area contributed by atoms with Crippen LogP contribution in [-0.2, 0) is 0 Å². The van der Waals surface area contributed by atoms with Crippen molar-refractivity contribution in [3.63, 3.8) is 0 Å². The lowest BCUT2D eigenvalue weighted by molar-refractivity contribution is 0.280. The molecule has 0 rings (SSSR count). The van der Waals surface area contributed by atoms with Gasteiger partial charge in [0, 0.05) is 19.6 Å². The van der Waals surface area contributed by atoms with Crippen LogP contribution in [0.25, 0.3) is 0 Å². The van der Waals surface area contributed by atoms with Crippen LogP contribution in [-0.4, -0.2) is 37.5 Å². The van der Waals surface area contributed by atoms with Crippen molar-refractivity contribution >= 4 is 0 Å². The Labute approximate surface area is 61.8 Å². The standard InChI is InChI=1S/C6H17N3O/c1-6(8-3-2-7)9-4-5-10/h6,8-10H,2-5,7H2,1H3. The summed E-state index contributed by atoms with van der Waals surface area (Å²) in [5, 5.41) is 14.6. The first-order chi connectivity index (χ1) is 4.81. The zero-order valence-corrected chi connectivity index (χ0v) is 6.43. The predicted octanol–water partition coefficient (Wildman–Crippen LogP) is -1.54. The summed E-state index contributed by atoms with van der Waals surface area (Å²) in [6, 6.07) is 0. The smallest absolute Gasteiger partial charge is 0.0556 e. The molecule has 0 spiro atoms. The maximum atomic E-state index is 8.43. The minimum Gasteiger partial charge on any atom is -0.395 e. The van der Waals surface area contributed by atoms with Crippen molar-refractivity contribution in [1.29, 1.82) is 0 Å². The summed E-state index contributed by atoms with van der Waals surface area (Å²) in [6.45, 7) is 4.24. The molecule has 0 aromatic heterocycles. The molecule has 0 bridgehead atoms. The lowest BCUT2D eigenvalue weighted by atomic mass is 10.5. The molecule has 0 fully saturated rings. The lowest BCUT2D eigenvalue weighted by Gasteiger charge is -2.13. The van der Waals surface area contributed by atoms with Gasteiger partial charge in [0.2, 0.25) is 0 Å². The minimum absolute atomic E-state index is 0.175. The number of aliphatic hydroxyl groups excluding tert-OH is 1. The van der Waals surface area contributed by atoms with E-state index in [1.54, 1.807) is 0 Å². The van der Waals surface area contributed by atoms with Crippen molar-refractivity contribution in [1.82, 2.24) is 10.6 Å². The van der Waals surface area contributed by atoms with Crippen molar-refractivity contribution in [3.8, 4) is 0 Å². The summed E-state index contributed by atoms with van der Waals surface area (Å²) in [7, 11) is 0. The number of aliphatic hydroxyl groups is 1. The highest BCUT2D eigenvalue weighted by Gasteiger charge is 1.95. The fraction of sp³-hybridized carbons (Fsp3) is 1.00. The minimum atomic E-state index is 0.175. The second-order valence-corrected chi connectivity index (χ2v) is 2.14. The Kier molecular flexibility index (Phi) is 6.84. The first-order valence-electron chi connectivity index (χ1n) is 3.59. The van der Waals surface area contributed by atoms with Gasteiger partial charge < -0.3 is 16.2 Å². The molecule has 1 unspecified atom stereocenters. The van der Waals surface area contributed by atoms with Crippen LogP contribution in [0.2, 0.25) is 0 Å². The molecule has 0 aliphatic carbocycles. The molecule has 0 aromatic carbocycles. The monoisotopic (exact) mass is 147 g/mol. The predicted molar refractivity (Wildman–Crippen MR) is 41.6 cm³/mol. The summed E-state index contributed by atoms with van der Waals surface area (Å²) in [6.07, 6.45) is 0.232. The quantitative estimate of drug-likeness (QED) is 0.344. The molecule has 1 atom stereocenters. The largest absolute Gasteiger partial charge is 0.395 e. The third-order valence-corrected chi connectivity index (χ3v) is 1.16. The van der Waals surface area contributed by atoms with E-state index in [-0.39, 0.29) is 12.8 Å². The molecule has 0 aliphatic heterocycles. The molecule has 0 heterocycles. The average Bonchev–Trinajstić information content (AvgIpc) is 1.97. The van der Waals surface area contributed by atoms with E-state index in [2.05, 4.69) is 10.6 Å². The number of nitrogens with two attached hydrogens (primary N) is 1. The second-order valence-electron chi connectivity index (χ2n) is 2.14. The van der Waals surface area contributed by atoms with Gasteiger partial charge in [-0.15, -0.1) is 0 Å². The highest BCUT2D eigenvalue weighted by atomic mass is 16.3. The summed E-state index contributed by atoms with van der Waals surface area (Å²) >= 11 is 0. The molecule has 10 heavy (non-hydrogen) atoms. The van der Waals surface area contributed by atoms with E-state index in [1.807, 2.05) is 6.92 Å². The molecule has 4 nitrogen and oxygen atoms in total. The van der Waals surface area contributed by atoms with Gasteiger partial charge in [-0.05, 0) is 6.92 Å². The third-order valence-electron chi connectivity index (χ3n) is 1.16. The maximum absolute atomic E-state index is 8.43.